The summed E-state index contributed by atoms with van der Waals surface area (Å²) in [5.41, 5.74) is 0. The molecular weight excluding hydrogens is 224 g/mol. The van der Waals surface area contributed by atoms with Crippen LogP contribution in [0.3, 0.4) is 0 Å². The molecule has 4 nitrogen and oxygen atoms in total. The fraction of sp³-hybridized carbons (Fsp3) is 0.909. The third kappa shape index (κ3) is 6.95. The number of thioether (sulfide) groups is 1. The molecule has 5 heteroatoms. The van der Waals surface area contributed by atoms with Crippen LogP contribution in [0.25, 0.3) is 0 Å². The number of carbonyl (C=O) groups is 1. The first kappa shape index (κ1) is 15.6. The summed E-state index contributed by atoms with van der Waals surface area (Å²) in [6.07, 6.45) is 4.48. The number of urea groups is 1. The van der Waals surface area contributed by atoms with E-state index in [1.807, 2.05) is 6.26 Å². The monoisotopic (exact) mass is 248 g/mol. The zero-order valence-corrected chi connectivity index (χ0v) is 11.3. The van der Waals surface area contributed by atoms with Gasteiger partial charge in [0.2, 0.25) is 0 Å². The van der Waals surface area contributed by atoms with Gasteiger partial charge in [-0.3, -0.25) is 0 Å². The zero-order valence-electron chi connectivity index (χ0n) is 10.5. The second kappa shape index (κ2) is 9.78. The van der Waals surface area contributed by atoms with Crippen molar-refractivity contribution in [2.24, 2.45) is 0 Å². The molecule has 1 unspecified atom stereocenters. The summed E-state index contributed by atoms with van der Waals surface area (Å²) in [7, 11) is 0. The smallest absolute Gasteiger partial charge is 0.315 e. The van der Waals surface area contributed by atoms with Gasteiger partial charge in [0.1, 0.15) is 0 Å². The topological polar surface area (TPSA) is 61.4 Å². The van der Waals surface area contributed by atoms with Crippen LogP contribution < -0.4 is 10.6 Å². The van der Waals surface area contributed by atoms with Gasteiger partial charge in [-0.15, -0.1) is 0 Å². The van der Waals surface area contributed by atoms with Crippen LogP contribution in [0.4, 0.5) is 4.79 Å². The number of carbonyl (C=O) groups excluding carboxylic acids is 1. The van der Waals surface area contributed by atoms with Crippen LogP contribution in [0.5, 0.6) is 0 Å². The summed E-state index contributed by atoms with van der Waals surface area (Å²) in [6.45, 7) is 4.22. The SMILES string of the molecule is CCC(CC)NC(=O)NC(CCO)CSC. The lowest BCUT2D eigenvalue weighted by molar-refractivity contribution is 0.227. The molecule has 0 spiro atoms. The number of nitrogens with one attached hydrogen (secondary N) is 2. The van der Waals surface area contributed by atoms with Gasteiger partial charge < -0.3 is 15.7 Å². The van der Waals surface area contributed by atoms with E-state index in [0.717, 1.165) is 18.6 Å². The lowest BCUT2D eigenvalue weighted by atomic mass is 10.2. The van der Waals surface area contributed by atoms with Gasteiger partial charge in [0.15, 0.2) is 0 Å². The van der Waals surface area contributed by atoms with Crippen molar-refractivity contribution in [3.05, 3.63) is 0 Å². The Morgan fingerprint density at radius 1 is 1.25 bits per heavy atom. The Morgan fingerprint density at radius 2 is 1.81 bits per heavy atom. The molecule has 0 aliphatic rings. The van der Waals surface area contributed by atoms with Crippen LogP contribution in [-0.4, -0.2) is 41.8 Å². The second-order valence-electron chi connectivity index (χ2n) is 3.80. The second-order valence-corrected chi connectivity index (χ2v) is 4.71. The lowest BCUT2D eigenvalue weighted by Gasteiger charge is -2.20. The molecule has 0 bridgehead atoms. The molecule has 16 heavy (non-hydrogen) atoms. The van der Waals surface area contributed by atoms with E-state index in [1.54, 1.807) is 11.8 Å². The van der Waals surface area contributed by atoms with Gasteiger partial charge in [0, 0.05) is 24.4 Å². The van der Waals surface area contributed by atoms with Gasteiger partial charge in [-0.1, -0.05) is 13.8 Å². The summed E-state index contributed by atoms with van der Waals surface area (Å²) >= 11 is 1.67. The summed E-state index contributed by atoms with van der Waals surface area (Å²) in [5, 5.41) is 14.7. The Bertz CT molecular complexity index is 181. The Morgan fingerprint density at radius 3 is 2.25 bits per heavy atom. The van der Waals surface area contributed by atoms with E-state index < -0.39 is 0 Å². The number of rotatable bonds is 8. The predicted octanol–water partition coefficient (Wildman–Crippen LogP) is 1.59. The Balaban J connectivity index is 3.97. The van der Waals surface area contributed by atoms with Crippen molar-refractivity contribution >= 4 is 17.8 Å². The molecular formula is C11H24N2O2S. The summed E-state index contributed by atoms with van der Waals surface area (Å²) < 4.78 is 0. The summed E-state index contributed by atoms with van der Waals surface area (Å²) in [6, 6.07) is 0.166. The first-order valence-corrected chi connectivity index (χ1v) is 7.24. The molecule has 0 aromatic carbocycles. The molecule has 0 aliphatic carbocycles. The highest BCUT2D eigenvalue weighted by Crippen LogP contribution is 2.02. The lowest BCUT2D eigenvalue weighted by Crippen LogP contribution is -2.47. The highest BCUT2D eigenvalue weighted by Gasteiger charge is 2.13. The number of hydrogen-bond donors (Lipinski definition) is 3. The Hall–Kier alpha value is -0.420. The Kier molecular flexibility index (Phi) is 9.52. The highest BCUT2D eigenvalue weighted by molar-refractivity contribution is 7.98. The molecule has 0 radical (unpaired) electrons. The molecule has 96 valence electrons. The van der Waals surface area contributed by atoms with Crippen molar-refractivity contribution in [2.75, 3.05) is 18.6 Å². The van der Waals surface area contributed by atoms with Gasteiger partial charge >= 0.3 is 6.03 Å². The minimum atomic E-state index is -0.124. The maximum Gasteiger partial charge on any atom is 0.315 e. The van der Waals surface area contributed by atoms with E-state index in [4.69, 9.17) is 5.11 Å². The zero-order chi connectivity index (χ0) is 12.4. The van der Waals surface area contributed by atoms with Crippen molar-refractivity contribution in [3.8, 4) is 0 Å². The van der Waals surface area contributed by atoms with Crippen molar-refractivity contribution < 1.29 is 9.90 Å². The van der Waals surface area contributed by atoms with Gasteiger partial charge in [0.05, 0.1) is 0 Å². The number of amides is 2. The van der Waals surface area contributed by atoms with Gasteiger partial charge in [-0.2, -0.15) is 11.8 Å². The average Bonchev–Trinajstić information content (AvgIpc) is 2.26. The van der Waals surface area contributed by atoms with Crippen LogP contribution >= 0.6 is 11.8 Å². The molecule has 0 aromatic heterocycles. The van der Waals surface area contributed by atoms with E-state index in [1.165, 1.54) is 0 Å². The number of aliphatic hydroxyl groups excluding tert-OH is 1. The van der Waals surface area contributed by atoms with Crippen LogP contribution in [0.2, 0.25) is 0 Å². The normalized spacial score (nSPS) is 12.6. The predicted molar refractivity (Wildman–Crippen MR) is 69.9 cm³/mol. The van der Waals surface area contributed by atoms with Crippen LogP contribution in [0.1, 0.15) is 33.1 Å². The molecule has 0 fully saturated rings. The average molecular weight is 248 g/mol. The summed E-state index contributed by atoms with van der Waals surface area (Å²) in [5.74, 6) is 0.830. The maximum absolute atomic E-state index is 11.6. The van der Waals surface area contributed by atoms with E-state index in [0.29, 0.717) is 6.42 Å². The first-order chi connectivity index (χ1) is 7.67. The molecule has 0 saturated heterocycles. The maximum atomic E-state index is 11.6. The molecule has 0 saturated carbocycles. The van der Waals surface area contributed by atoms with Gasteiger partial charge in [0.25, 0.3) is 0 Å². The molecule has 0 rings (SSSR count). The summed E-state index contributed by atoms with van der Waals surface area (Å²) in [4.78, 5) is 11.6. The number of aliphatic hydroxyl groups is 1. The van der Waals surface area contributed by atoms with Crippen molar-refractivity contribution in [1.82, 2.24) is 10.6 Å². The fourth-order valence-corrected chi connectivity index (χ4v) is 2.11. The minimum absolute atomic E-state index is 0.0503. The van der Waals surface area contributed by atoms with Crippen LogP contribution in [0, 0.1) is 0 Å². The Labute approximate surface area is 103 Å². The largest absolute Gasteiger partial charge is 0.396 e. The minimum Gasteiger partial charge on any atom is -0.396 e. The van der Waals surface area contributed by atoms with Crippen molar-refractivity contribution in [1.29, 1.82) is 0 Å². The van der Waals surface area contributed by atoms with E-state index in [2.05, 4.69) is 24.5 Å². The van der Waals surface area contributed by atoms with Crippen LogP contribution in [0.15, 0.2) is 0 Å². The molecule has 3 N–H and O–H groups in total. The molecule has 1 atom stereocenters. The van der Waals surface area contributed by atoms with E-state index in [9.17, 15) is 4.79 Å². The van der Waals surface area contributed by atoms with Crippen molar-refractivity contribution in [3.63, 3.8) is 0 Å². The quantitative estimate of drug-likeness (QED) is 0.611. The van der Waals surface area contributed by atoms with Gasteiger partial charge in [-0.25, -0.2) is 4.79 Å². The molecule has 2 amide bonds. The molecule has 0 heterocycles. The van der Waals surface area contributed by atoms with Gasteiger partial charge in [-0.05, 0) is 25.5 Å². The van der Waals surface area contributed by atoms with Crippen LogP contribution in [-0.2, 0) is 0 Å². The fourth-order valence-electron chi connectivity index (χ4n) is 1.46. The first-order valence-electron chi connectivity index (χ1n) is 5.84. The number of hydrogen-bond acceptors (Lipinski definition) is 3. The third-order valence-electron chi connectivity index (χ3n) is 2.50. The molecule has 0 aliphatic heterocycles. The standard InChI is InChI=1S/C11H24N2O2S/c1-4-9(5-2)12-11(15)13-10(6-7-14)8-16-3/h9-10,14H,4-8H2,1-3H3,(H2,12,13,15). The third-order valence-corrected chi connectivity index (χ3v) is 3.24. The highest BCUT2D eigenvalue weighted by atomic mass is 32.2. The molecule has 0 aromatic rings. The van der Waals surface area contributed by atoms with Crippen molar-refractivity contribution in [2.45, 2.75) is 45.2 Å². The van der Waals surface area contributed by atoms with E-state index in [-0.39, 0.29) is 24.7 Å². The van der Waals surface area contributed by atoms with E-state index >= 15 is 0 Å².